The topological polar surface area (TPSA) is 97.1 Å². The van der Waals surface area contributed by atoms with Gasteiger partial charge in [-0.1, -0.05) is 58.0 Å². The van der Waals surface area contributed by atoms with Crippen LogP contribution in [-0.2, 0) is 23.8 Å². The zero-order valence-electron chi connectivity index (χ0n) is 15.6. The third-order valence-corrected chi connectivity index (χ3v) is 5.95. The lowest BCUT2D eigenvalue weighted by Gasteiger charge is -2.22. The zero-order chi connectivity index (χ0) is 22.1. The number of hydrogen-bond donors (Lipinski definition) is 1. The normalized spacial score (nSPS) is 13.1. The molecule has 7 nitrogen and oxygen atoms in total. The molecule has 2 atom stereocenters. The fourth-order valence-corrected chi connectivity index (χ4v) is 3.40. The zero-order valence-corrected chi connectivity index (χ0v) is 19.4. The number of rotatable bonds is 11. The van der Waals surface area contributed by atoms with Gasteiger partial charge in [0.15, 0.2) is 18.0 Å². The first-order chi connectivity index (χ1) is 13.7. The Morgan fingerprint density at radius 2 is 1.28 bits per heavy atom. The number of nitrogens with two attached hydrogens (primary N) is 1. The van der Waals surface area contributed by atoms with Crippen LogP contribution in [0.4, 0.5) is 0 Å². The van der Waals surface area contributed by atoms with E-state index in [4.69, 9.17) is 82.7 Å². The van der Waals surface area contributed by atoms with E-state index in [0.717, 1.165) is 12.8 Å². The van der Waals surface area contributed by atoms with Crippen molar-refractivity contribution in [2.75, 3.05) is 27.4 Å². The molecular formula is C17H20Cl5NO6. The Labute approximate surface area is 193 Å². The SMILES string of the molecule is CO[C@@H](C(=O)OCCCCCN)[C@@H](OC)C(=O)Oc1c(Cl)c(Cl)c(Cl)c(Cl)c1Cl. The number of methoxy groups -OCH3 is 2. The molecule has 2 N–H and O–H groups in total. The molecule has 0 saturated carbocycles. The fraction of sp³-hybridized carbons (Fsp3) is 0.529. The number of halogens is 5. The number of benzene rings is 1. The third-order valence-electron chi connectivity index (χ3n) is 3.71. The summed E-state index contributed by atoms with van der Waals surface area (Å²) in [5.74, 6) is -2.16. The van der Waals surface area contributed by atoms with Gasteiger partial charge in [0, 0.05) is 14.2 Å². The van der Waals surface area contributed by atoms with Crippen LogP contribution >= 0.6 is 58.0 Å². The highest BCUT2D eigenvalue weighted by Crippen LogP contribution is 2.48. The Kier molecular flexibility index (Phi) is 11.9. The molecule has 0 aliphatic carbocycles. The first kappa shape index (κ1) is 26.5. The molecule has 0 heterocycles. The van der Waals surface area contributed by atoms with Crippen LogP contribution in [0.5, 0.6) is 5.75 Å². The summed E-state index contributed by atoms with van der Waals surface area (Å²) < 4.78 is 20.4. The molecule has 1 aromatic carbocycles. The van der Waals surface area contributed by atoms with Crippen molar-refractivity contribution in [3.05, 3.63) is 25.1 Å². The Balaban J connectivity index is 2.94. The minimum absolute atomic E-state index is 0.0978. The van der Waals surface area contributed by atoms with Gasteiger partial charge in [-0.2, -0.15) is 0 Å². The van der Waals surface area contributed by atoms with Crippen molar-refractivity contribution >= 4 is 69.9 Å². The summed E-state index contributed by atoms with van der Waals surface area (Å²) in [5, 5.41) is -0.866. The molecule has 164 valence electrons. The van der Waals surface area contributed by atoms with Gasteiger partial charge in [0.1, 0.15) is 10.0 Å². The second kappa shape index (κ2) is 13.0. The van der Waals surface area contributed by atoms with E-state index in [0.29, 0.717) is 13.0 Å². The van der Waals surface area contributed by atoms with Crippen molar-refractivity contribution in [1.82, 2.24) is 0 Å². The summed E-state index contributed by atoms with van der Waals surface area (Å²) in [4.78, 5) is 24.9. The molecule has 0 aromatic heterocycles. The quantitative estimate of drug-likeness (QED) is 0.153. The second-order valence-electron chi connectivity index (χ2n) is 5.65. The number of esters is 2. The Hall–Kier alpha value is -0.510. The predicted molar refractivity (Wildman–Crippen MR) is 113 cm³/mol. The van der Waals surface area contributed by atoms with Crippen LogP contribution < -0.4 is 10.5 Å². The summed E-state index contributed by atoms with van der Waals surface area (Å²) in [6.07, 6.45) is -0.637. The number of unbranched alkanes of at least 4 members (excludes halogenated alkanes) is 2. The lowest BCUT2D eigenvalue weighted by Crippen LogP contribution is -2.45. The average molecular weight is 512 g/mol. The van der Waals surface area contributed by atoms with E-state index < -0.39 is 24.1 Å². The Bertz CT molecular complexity index is 704. The van der Waals surface area contributed by atoms with Crippen LogP contribution in [0.1, 0.15) is 19.3 Å². The molecule has 0 saturated heterocycles. The van der Waals surface area contributed by atoms with Crippen LogP contribution in [0, 0.1) is 0 Å². The molecule has 0 aliphatic heterocycles. The molecule has 1 rings (SSSR count). The molecule has 0 aliphatic rings. The molecule has 0 fully saturated rings. The minimum Gasteiger partial charge on any atom is -0.464 e. The van der Waals surface area contributed by atoms with E-state index in [1.165, 1.54) is 14.2 Å². The van der Waals surface area contributed by atoms with E-state index in [1.807, 2.05) is 0 Å². The van der Waals surface area contributed by atoms with Gasteiger partial charge in [-0.25, -0.2) is 9.59 Å². The van der Waals surface area contributed by atoms with E-state index in [9.17, 15) is 9.59 Å². The second-order valence-corrected chi connectivity index (χ2v) is 7.54. The molecule has 29 heavy (non-hydrogen) atoms. The number of hydrogen-bond acceptors (Lipinski definition) is 7. The monoisotopic (exact) mass is 509 g/mol. The van der Waals surface area contributed by atoms with Gasteiger partial charge >= 0.3 is 11.9 Å². The van der Waals surface area contributed by atoms with Crippen molar-refractivity contribution in [3.8, 4) is 5.75 Å². The van der Waals surface area contributed by atoms with Gasteiger partial charge in [-0.15, -0.1) is 0 Å². The molecule has 12 heteroatoms. The van der Waals surface area contributed by atoms with Crippen molar-refractivity contribution in [2.24, 2.45) is 5.73 Å². The summed E-state index contributed by atoms with van der Waals surface area (Å²) in [6.45, 7) is 0.695. The van der Waals surface area contributed by atoms with Crippen LogP contribution in [-0.4, -0.2) is 51.5 Å². The summed E-state index contributed by atoms with van der Waals surface area (Å²) in [6, 6.07) is 0. The van der Waals surface area contributed by atoms with E-state index in [2.05, 4.69) is 0 Å². The molecule has 0 unspecified atom stereocenters. The van der Waals surface area contributed by atoms with Crippen molar-refractivity contribution in [2.45, 2.75) is 31.5 Å². The highest BCUT2D eigenvalue weighted by molar-refractivity contribution is 6.55. The highest BCUT2D eigenvalue weighted by Gasteiger charge is 2.38. The van der Waals surface area contributed by atoms with Crippen LogP contribution in [0.25, 0.3) is 0 Å². The van der Waals surface area contributed by atoms with Crippen molar-refractivity contribution in [3.63, 3.8) is 0 Å². The molecule has 0 radical (unpaired) electrons. The van der Waals surface area contributed by atoms with Gasteiger partial charge < -0.3 is 24.7 Å². The highest BCUT2D eigenvalue weighted by atomic mass is 35.5. The fourth-order valence-electron chi connectivity index (χ4n) is 2.20. The number of carbonyl (C=O) groups excluding carboxylic acids is 2. The smallest absolute Gasteiger partial charge is 0.344 e. The van der Waals surface area contributed by atoms with Crippen molar-refractivity contribution < 1.29 is 28.5 Å². The Morgan fingerprint density at radius 1 is 0.793 bits per heavy atom. The van der Waals surface area contributed by atoms with Crippen LogP contribution in [0.15, 0.2) is 0 Å². The lowest BCUT2D eigenvalue weighted by molar-refractivity contribution is -0.173. The predicted octanol–water partition coefficient (Wildman–Crippen LogP) is 4.56. The third kappa shape index (κ3) is 7.01. The average Bonchev–Trinajstić information content (AvgIpc) is 2.71. The summed E-state index contributed by atoms with van der Waals surface area (Å²) in [5.41, 5.74) is 5.40. The maximum atomic E-state index is 12.6. The molecular weight excluding hydrogens is 491 g/mol. The standard InChI is InChI=1S/C17H20Cl5NO6/c1-26-14(16(24)28-7-5-3-4-6-23)15(27-2)17(25)29-13-11(21)9(19)8(18)10(20)12(13)22/h14-15H,3-7,23H2,1-2H3/t14-,15-/m1/s1. The van der Waals surface area contributed by atoms with Crippen LogP contribution in [0.2, 0.25) is 25.1 Å². The molecule has 0 spiro atoms. The first-order valence-electron chi connectivity index (χ1n) is 8.36. The summed E-state index contributed by atoms with van der Waals surface area (Å²) >= 11 is 29.9. The van der Waals surface area contributed by atoms with E-state index in [-0.39, 0.29) is 37.5 Å². The first-order valence-corrected chi connectivity index (χ1v) is 10.3. The van der Waals surface area contributed by atoms with E-state index >= 15 is 0 Å². The van der Waals surface area contributed by atoms with Crippen LogP contribution in [0.3, 0.4) is 0 Å². The van der Waals surface area contributed by atoms with Gasteiger partial charge in [-0.05, 0) is 25.8 Å². The maximum absolute atomic E-state index is 12.6. The summed E-state index contributed by atoms with van der Waals surface area (Å²) in [7, 11) is 2.41. The minimum atomic E-state index is -1.48. The molecule has 0 bridgehead atoms. The molecule has 1 aromatic rings. The maximum Gasteiger partial charge on any atom is 0.344 e. The van der Waals surface area contributed by atoms with Gasteiger partial charge in [0.2, 0.25) is 0 Å². The molecule has 0 amide bonds. The lowest BCUT2D eigenvalue weighted by atomic mass is 10.2. The largest absolute Gasteiger partial charge is 0.464 e. The number of carbonyl (C=O) groups is 2. The van der Waals surface area contributed by atoms with Crippen molar-refractivity contribution in [1.29, 1.82) is 0 Å². The van der Waals surface area contributed by atoms with Gasteiger partial charge in [0.25, 0.3) is 0 Å². The van der Waals surface area contributed by atoms with E-state index in [1.54, 1.807) is 0 Å². The number of ether oxygens (including phenoxy) is 4. The van der Waals surface area contributed by atoms with Gasteiger partial charge in [0.05, 0.1) is 21.7 Å². The van der Waals surface area contributed by atoms with Gasteiger partial charge in [-0.3, -0.25) is 0 Å². The Morgan fingerprint density at radius 3 is 1.76 bits per heavy atom.